The van der Waals surface area contributed by atoms with Crippen molar-refractivity contribution in [2.24, 2.45) is 5.92 Å². The molecule has 0 aliphatic carbocycles. The third-order valence-corrected chi connectivity index (χ3v) is 4.32. The quantitative estimate of drug-likeness (QED) is 0.865. The third kappa shape index (κ3) is 3.49. The van der Waals surface area contributed by atoms with Crippen LogP contribution in [-0.2, 0) is 16.1 Å². The van der Waals surface area contributed by atoms with Gasteiger partial charge in [-0.1, -0.05) is 13.8 Å². The van der Waals surface area contributed by atoms with Gasteiger partial charge in [-0.15, -0.1) is 0 Å². The van der Waals surface area contributed by atoms with Gasteiger partial charge in [0.05, 0.1) is 11.6 Å². The van der Waals surface area contributed by atoms with E-state index in [1.807, 2.05) is 26.0 Å². The lowest BCUT2D eigenvalue weighted by molar-refractivity contribution is -0.130. The monoisotopic (exact) mass is 351 g/mol. The van der Waals surface area contributed by atoms with Crippen LogP contribution in [0, 0.1) is 5.92 Å². The molecule has 2 aromatic heterocycles. The maximum absolute atomic E-state index is 12.8. The van der Waals surface area contributed by atoms with Crippen LogP contribution in [-0.4, -0.2) is 31.7 Å². The molecule has 26 heavy (non-hydrogen) atoms. The van der Waals surface area contributed by atoms with Crippen molar-refractivity contribution in [3.63, 3.8) is 0 Å². The van der Waals surface area contributed by atoms with E-state index in [1.54, 1.807) is 36.9 Å². The van der Waals surface area contributed by atoms with E-state index in [2.05, 4.69) is 9.97 Å². The number of aliphatic hydroxyl groups is 1. The number of carbonyl (C=O) groups is 2. The molecular weight excluding hydrogens is 330 g/mol. The molecule has 3 rings (SSSR count). The zero-order valence-corrected chi connectivity index (χ0v) is 14.8. The Labute approximate surface area is 152 Å². The molecule has 134 valence electrons. The third-order valence-electron chi connectivity index (χ3n) is 4.32. The minimum atomic E-state index is -0.620. The number of Topliss-reactive ketones (excluding diaryl/α,β-unsaturated/α-hetero) is 1. The number of hydrogen-bond acceptors (Lipinski definition) is 5. The summed E-state index contributed by atoms with van der Waals surface area (Å²) in [5.41, 5.74) is 1.79. The fraction of sp³-hybridized carbons (Fsp3) is 0.300. The van der Waals surface area contributed by atoms with Crippen molar-refractivity contribution < 1.29 is 14.7 Å². The molecule has 0 fully saturated rings. The van der Waals surface area contributed by atoms with E-state index in [0.29, 0.717) is 0 Å². The summed E-state index contributed by atoms with van der Waals surface area (Å²) in [6.07, 6.45) is 6.80. The first-order valence-corrected chi connectivity index (χ1v) is 8.55. The second-order valence-electron chi connectivity index (χ2n) is 6.76. The van der Waals surface area contributed by atoms with Crippen LogP contribution >= 0.6 is 0 Å². The molecule has 0 saturated heterocycles. The second kappa shape index (κ2) is 7.47. The Bertz CT molecular complexity index is 832. The van der Waals surface area contributed by atoms with Crippen LogP contribution in [0.5, 0.6) is 0 Å². The largest absolute Gasteiger partial charge is 0.503 e. The molecule has 1 amide bonds. The van der Waals surface area contributed by atoms with Crippen LogP contribution in [0.25, 0.3) is 0 Å². The Kier molecular flexibility index (Phi) is 5.11. The summed E-state index contributed by atoms with van der Waals surface area (Å²) in [7, 11) is 0. The van der Waals surface area contributed by atoms with Crippen molar-refractivity contribution in [3.05, 3.63) is 71.5 Å². The maximum Gasteiger partial charge on any atom is 0.290 e. The molecule has 3 heterocycles. The summed E-state index contributed by atoms with van der Waals surface area (Å²) in [6.45, 7) is 4.14. The number of nitrogens with zero attached hydrogens (tertiary/aromatic N) is 3. The fourth-order valence-corrected chi connectivity index (χ4v) is 3.16. The summed E-state index contributed by atoms with van der Waals surface area (Å²) in [6, 6.07) is 6.52. The van der Waals surface area contributed by atoms with Crippen LogP contribution in [0.4, 0.5) is 0 Å². The van der Waals surface area contributed by atoms with E-state index >= 15 is 0 Å². The highest BCUT2D eigenvalue weighted by atomic mass is 16.3. The Balaban J connectivity index is 2.02. The number of pyridine rings is 2. The van der Waals surface area contributed by atoms with Gasteiger partial charge >= 0.3 is 0 Å². The predicted molar refractivity (Wildman–Crippen MR) is 95.9 cm³/mol. The van der Waals surface area contributed by atoms with E-state index in [0.717, 1.165) is 11.1 Å². The average Bonchev–Trinajstić information content (AvgIpc) is 2.88. The molecule has 0 aromatic carbocycles. The van der Waals surface area contributed by atoms with Gasteiger partial charge in [-0.3, -0.25) is 19.6 Å². The number of hydrogen-bond donors (Lipinski definition) is 1. The summed E-state index contributed by atoms with van der Waals surface area (Å²) < 4.78 is 0. The fourth-order valence-electron chi connectivity index (χ4n) is 3.16. The lowest BCUT2D eigenvalue weighted by Gasteiger charge is -2.27. The van der Waals surface area contributed by atoms with Crippen molar-refractivity contribution in [2.45, 2.75) is 32.9 Å². The summed E-state index contributed by atoms with van der Waals surface area (Å²) in [4.78, 5) is 35.0. The summed E-state index contributed by atoms with van der Waals surface area (Å²) >= 11 is 0. The highest BCUT2D eigenvalue weighted by Gasteiger charge is 2.43. The van der Waals surface area contributed by atoms with E-state index < -0.39 is 17.7 Å². The van der Waals surface area contributed by atoms with Crippen molar-refractivity contribution in [1.82, 2.24) is 14.9 Å². The minimum Gasteiger partial charge on any atom is -0.503 e. The molecule has 1 aliphatic heterocycles. The van der Waals surface area contributed by atoms with E-state index in [4.69, 9.17) is 0 Å². The molecule has 6 heteroatoms. The van der Waals surface area contributed by atoms with Crippen molar-refractivity contribution in [2.75, 3.05) is 0 Å². The van der Waals surface area contributed by atoms with Crippen LogP contribution < -0.4 is 0 Å². The van der Waals surface area contributed by atoms with Crippen LogP contribution in [0.3, 0.4) is 0 Å². The van der Waals surface area contributed by atoms with Gasteiger partial charge in [0.25, 0.3) is 5.91 Å². The molecule has 0 radical (unpaired) electrons. The minimum absolute atomic E-state index is 0.130. The molecule has 1 aliphatic rings. The second-order valence-corrected chi connectivity index (χ2v) is 6.76. The molecule has 6 nitrogen and oxygen atoms in total. The van der Waals surface area contributed by atoms with Crippen LogP contribution in [0.15, 0.2) is 60.4 Å². The standard InChI is InChI=1S/C20H21N3O3/c1-13(2)11-16(24)17-18(15-5-9-22-10-6-15)23(20(26)19(17)25)12-14-3-7-21-8-4-14/h3-10,13,18,25H,11-12H2,1-2H3. The smallest absolute Gasteiger partial charge is 0.290 e. The van der Waals surface area contributed by atoms with Gasteiger partial charge in [-0.2, -0.15) is 0 Å². The van der Waals surface area contributed by atoms with E-state index in [-0.39, 0.29) is 30.2 Å². The number of aliphatic hydroxyl groups excluding tert-OH is 1. The van der Waals surface area contributed by atoms with E-state index in [9.17, 15) is 14.7 Å². The van der Waals surface area contributed by atoms with Crippen LogP contribution in [0.1, 0.15) is 37.4 Å². The maximum atomic E-state index is 12.8. The number of amides is 1. The van der Waals surface area contributed by atoms with Crippen molar-refractivity contribution >= 4 is 11.7 Å². The van der Waals surface area contributed by atoms with Crippen LogP contribution in [0.2, 0.25) is 0 Å². The first-order chi connectivity index (χ1) is 12.5. The zero-order valence-electron chi connectivity index (χ0n) is 14.8. The molecule has 1 atom stereocenters. The first kappa shape index (κ1) is 17.8. The Morgan fingerprint density at radius 2 is 1.69 bits per heavy atom. The van der Waals surface area contributed by atoms with Crippen molar-refractivity contribution in [1.29, 1.82) is 0 Å². The molecule has 0 bridgehead atoms. The SMILES string of the molecule is CC(C)CC(=O)C1=C(O)C(=O)N(Cc2ccncc2)C1c1ccncc1. The lowest BCUT2D eigenvalue weighted by atomic mass is 9.92. The van der Waals surface area contributed by atoms with Gasteiger partial charge in [0.2, 0.25) is 0 Å². The van der Waals surface area contributed by atoms with Gasteiger partial charge in [0.1, 0.15) is 0 Å². The number of rotatable bonds is 6. The molecule has 1 unspecified atom stereocenters. The van der Waals surface area contributed by atoms with Gasteiger partial charge < -0.3 is 10.0 Å². The Morgan fingerprint density at radius 1 is 1.12 bits per heavy atom. The molecule has 0 saturated carbocycles. The summed E-state index contributed by atoms with van der Waals surface area (Å²) in [5.74, 6) is -1.06. The number of aromatic nitrogens is 2. The normalized spacial score (nSPS) is 17.3. The number of ketones is 1. The Hall–Kier alpha value is -3.02. The number of carbonyl (C=O) groups excluding carboxylic acids is 2. The van der Waals surface area contributed by atoms with Gasteiger partial charge in [-0.05, 0) is 41.3 Å². The lowest BCUT2D eigenvalue weighted by Crippen LogP contribution is -2.30. The van der Waals surface area contributed by atoms with Crippen molar-refractivity contribution in [3.8, 4) is 0 Å². The summed E-state index contributed by atoms with van der Waals surface area (Å²) in [5, 5.41) is 10.5. The molecule has 1 N–H and O–H groups in total. The van der Waals surface area contributed by atoms with Gasteiger partial charge in [0, 0.05) is 37.8 Å². The van der Waals surface area contributed by atoms with E-state index in [1.165, 1.54) is 4.90 Å². The molecule has 2 aromatic rings. The zero-order chi connectivity index (χ0) is 18.7. The average molecular weight is 351 g/mol. The highest BCUT2D eigenvalue weighted by Crippen LogP contribution is 2.39. The predicted octanol–water partition coefficient (Wildman–Crippen LogP) is 2.99. The first-order valence-electron chi connectivity index (χ1n) is 8.55. The molecular formula is C20H21N3O3. The molecule has 0 spiro atoms. The topological polar surface area (TPSA) is 83.4 Å². The highest BCUT2D eigenvalue weighted by molar-refractivity contribution is 6.08. The van der Waals surface area contributed by atoms with Gasteiger partial charge in [-0.25, -0.2) is 0 Å². The van der Waals surface area contributed by atoms with Gasteiger partial charge in [0.15, 0.2) is 11.5 Å². The Morgan fingerprint density at radius 3 is 2.27 bits per heavy atom.